The molecule has 0 saturated carbocycles. The summed E-state index contributed by atoms with van der Waals surface area (Å²) in [6.45, 7) is 10.7. The van der Waals surface area contributed by atoms with E-state index in [0.717, 1.165) is 52.1 Å². The quantitative estimate of drug-likeness (QED) is 0.143. The van der Waals surface area contributed by atoms with E-state index >= 15 is 0 Å². The van der Waals surface area contributed by atoms with E-state index in [0.29, 0.717) is 33.0 Å². The number of rotatable bonds is 19. The molecule has 7 nitrogen and oxygen atoms in total. The normalized spacial score (nSPS) is 11.0. The highest BCUT2D eigenvalue weighted by molar-refractivity contribution is 5.51. The van der Waals surface area contributed by atoms with Gasteiger partial charge in [0.25, 0.3) is 0 Å². The van der Waals surface area contributed by atoms with Crippen molar-refractivity contribution in [2.24, 2.45) is 0 Å². The molecule has 0 aromatic carbocycles. The highest BCUT2D eigenvalue weighted by Gasteiger charge is 1.92. The van der Waals surface area contributed by atoms with E-state index in [9.17, 15) is 4.79 Å². The Bertz CT molecular complexity index is 221. The Morgan fingerprint density at radius 2 is 1.50 bits per heavy atom. The van der Waals surface area contributed by atoms with Crippen molar-refractivity contribution in [3.8, 4) is 0 Å². The van der Waals surface area contributed by atoms with Crippen LogP contribution in [-0.4, -0.2) is 78.7 Å². The summed E-state index contributed by atoms with van der Waals surface area (Å²) in [5.74, 6) is 0. The summed E-state index contributed by atoms with van der Waals surface area (Å²) in [4.78, 5) is 10.1. The van der Waals surface area contributed by atoms with Crippen LogP contribution in [0.15, 0.2) is 0 Å². The van der Waals surface area contributed by atoms with Gasteiger partial charge in [-0.25, -0.2) is 0 Å². The number of ether oxygens (including phenoxy) is 2. The van der Waals surface area contributed by atoms with Gasteiger partial charge in [-0.3, -0.25) is 0 Å². The van der Waals surface area contributed by atoms with Crippen LogP contribution in [0.4, 0.5) is 0 Å². The lowest BCUT2D eigenvalue weighted by Gasteiger charge is -2.08. The zero-order valence-electron chi connectivity index (χ0n) is 14.0. The third-order valence-corrected chi connectivity index (χ3v) is 2.82. The average molecular weight is 318 g/mol. The maximum Gasteiger partial charge on any atom is 0.133 e. The fourth-order valence-electron chi connectivity index (χ4n) is 1.67. The van der Waals surface area contributed by atoms with E-state index in [-0.39, 0.29) is 0 Å². The highest BCUT2D eigenvalue weighted by atomic mass is 16.5. The zero-order chi connectivity index (χ0) is 16.1. The Morgan fingerprint density at radius 3 is 2.27 bits per heavy atom. The maximum absolute atomic E-state index is 10.1. The summed E-state index contributed by atoms with van der Waals surface area (Å²) in [5.41, 5.74) is 0. The lowest BCUT2D eigenvalue weighted by atomic mass is 10.4. The summed E-state index contributed by atoms with van der Waals surface area (Å²) in [7, 11) is 0. The number of carbonyl (C=O) groups is 1. The van der Waals surface area contributed by atoms with E-state index in [1.54, 1.807) is 0 Å². The van der Waals surface area contributed by atoms with Gasteiger partial charge < -0.3 is 35.5 Å². The molecule has 0 rings (SSSR count). The minimum atomic E-state index is 0.417. The fourth-order valence-corrected chi connectivity index (χ4v) is 1.67. The fraction of sp³-hybridized carbons (Fsp3) is 0.933. The highest BCUT2D eigenvalue weighted by Crippen LogP contribution is 1.82. The van der Waals surface area contributed by atoms with Crippen molar-refractivity contribution in [1.82, 2.24) is 21.3 Å². The van der Waals surface area contributed by atoms with Gasteiger partial charge in [-0.1, -0.05) is 6.92 Å². The van der Waals surface area contributed by atoms with Crippen molar-refractivity contribution >= 4 is 6.29 Å². The van der Waals surface area contributed by atoms with Crippen LogP contribution < -0.4 is 21.3 Å². The molecule has 0 atom stereocenters. The first-order chi connectivity index (χ1) is 10.9. The molecule has 7 heteroatoms. The van der Waals surface area contributed by atoms with Crippen molar-refractivity contribution in [2.75, 3.05) is 72.4 Å². The number of hydrogen-bond donors (Lipinski definition) is 4. The van der Waals surface area contributed by atoms with Crippen LogP contribution >= 0.6 is 0 Å². The number of aldehydes is 1. The van der Waals surface area contributed by atoms with Crippen LogP contribution in [0, 0.1) is 0 Å². The Morgan fingerprint density at radius 1 is 0.773 bits per heavy atom. The van der Waals surface area contributed by atoms with Gasteiger partial charge in [-0.2, -0.15) is 0 Å². The second-order valence-electron chi connectivity index (χ2n) is 4.88. The van der Waals surface area contributed by atoms with Gasteiger partial charge in [0, 0.05) is 32.9 Å². The third-order valence-electron chi connectivity index (χ3n) is 2.82. The molecule has 0 unspecified atom stereocenters. The molecule has 0 aliphatic carbocycles. The van der Waals surface area contributed by atoms with E-state index < -0.39 is 0 Å². The van der Waals surface area contributed by atoms with Gasteiger partial charge in [-0.05, 0) is 25.9 Å². The lowest BCUT2D eigenvalue weighted by molar-refractivity contribution is -0.107. The second kappa shape index (κ2) is 20.4. The van der Waals surface area contributed by atoms with Gasteiger partial charge in [0.1, 0.15) is 6.29 Å². The van der Waals surface area contributed by atoms with E-state index in [1.165, 1.54) is 6.42 Å². The van der Waals surface area contributed by atoms with Gasteiger partial charge in [0.05, 0.1) is 26.4 Å². The summed E-state index contributed by atoms with van der Waals surface area (Å²) >= 11 is 0. The number of hydrogen-bond acceptors (Lipinski definition) is 7. The third kappa shape index (κ3) is 19.4. The Kier molecular flexibility index (Phi) is 19.9. The molecule has 0 fully saturated rings. The van der Waals surface area contributed by atoms with Crippen LogP contribution in [-0.2, 0) is 14.3 Å². The largest absolute Gasteiger partial charge is 0.379 e. The predicted octanol–water partition coefficient (Wildman–Crippen LogP) is -0.665. The molecule has 0 saturated heterocycles. The molecular formula is C15H34N4O3. The van der Waals surface area contributed by atoms with E-state index in [2.05, 4.69) is 28.2 Å². The molecule has 22 heavy (non-hydrogen) atoms. The van der Waals surface area contributed by atoms with Crippen LogP contribution in [0.3, 0.4) is 0 Å². The van der Waals surface area contributed by atoms with Crippen LogP contribution in [0.2, 0.25) is 0 Å². The summed E-state index contributed by atoms with van der Waals surface area (Å²) in [6.07, 6.45) is 2.95. The first-order valence-corrected chi connectivity index (χ1v) is 8.33. The number of carbonyl (C=O) groups excluding carboxylic acids is 1. The maximum atomic E-state index is 10.1. The molecule has 0 bridgehead atoms. The van der Waals surface area contributed by atoms with Crippen LogP contribution in [0.5, 0.6) is 0 Å². The molecule has 4 N–H and O–H groups in total. The topological polar surface area (TPSA) is 83.7 Å². The average Bonchev–Trinajstić information content (AvgIpc) is 2.54. The van der Waals surface area contributed by atoms with E-state index in [1.807, 2.05) is 0 Å². The predicted molar refractivity (Wildman–Crippen MR) is 89.2 cm³/mol. The summed E-state index contributed by atoms with van der Waals surface area (Å²) in [5, 5.41) is 12.9. The van der Waals surface area contributed by atoms with Crippen molar-refractivity contribution < 1.29 is 14.3 Å². The minimum absolute atomic E-state index is 0.417. The van der Waals surface area contributed by atoms with Gasteiger partial charge in [-0.15, -0.1) is 0 Å². The number of nitrogens with one attached hydrogen (secondary N) is 4. The molecule has 0 aliphatic heterocycles. The molecule has 0 heterocycles. The summed E-state index contributed by atoms with van der Waals surface area (Å²) in [6, 6.07) is 0. The Labute approximate surface area is 134 Å². The van der Waals surface area contributed by atoms with Crippen LogP contribution in [0.25, 0.3) is 0 Å². The molecule has 0 aromatic heterocycles. The SMILES string of the molecule is CCCNCCNCNCCOCCOCCCNCC=O. The van der Waals surface area contributed by atoms with Crippen molar-refractivity contribution in [2.45, 2.75) is 19.8 Å². The minimum Gasteiger partial charge on any atom is -0.379 e. The Balaban J connectivity index is 2.92. The second-order valence-corrected chi connectivity index (χ2v) is 4.88. The van der Waals surface area contributed by atoms with E-state index in [4.69, 9.17) is 9.47 Å². The summed E-state index contributed by atoms with van der Waals surface area (Å²) < 4.78 is 10.9. The van der Waals surface area contributed by atoms with Gasteiger partial charge in [0.15, 0.2) is 0 Å². The molecule has 0 spiro atoms. The Hall–Kier alpha value is -0.570. The molecular weight excluding hydrogens is 284 g/mol. The molecule has 0 aromatic rings. The first-order valence-electron chi connectivity index (χ1n) is 8.33. The standard InChI is InChI=1S/C15H34N4O3/c1-2-4-16-6-7-18-15-19-9-12-22-14-13-21-11-3-5-17-8-10-20/h10,16-19H,2-9,11-15H2,1H3. The molecule has 0 radical (unpaired) electrons. The van der Waals surface area contributed by atoms with Crippen molar-refractivity contribution in [1.29, 1.82) is 0 Å². The zero-order valence-corrected chi connectivity index (χ0v) is 14.0. The smallest absolute Gasteiger partial charge is 0.133 e. The molecule has 0 aliphatic rings. The lowest BCUT2D eigenvalue weighted by Crippen LogP contribution is -2.35. The van der Waals surface area contributed by atoms with Crippen molar-refractivity contribution in [3.05, 3.63) is 0 Å². The van der Waals surface area contributed by atoms with Gasteiger partial charge >= 0.3 is 0 Å². The molecule has 132 valence electrons. The van der Waals surface area contributed by atoms with Gasteiger partial charge in [0.2, 0.25) is 0 Å². The van der Waals surface area contributed by atoms with Crippen LogP contribution in [0.1, 0.15) is 19.8 Å². The monoisotopic (exact) mass is 318 g/mol. The van der Waals surface area contributed by atoms with Crippen molar-refractivity contribution in [3.63, 3.8) is 0 Å². The molecule has 0 amide bonds. The first kappa shape index (κ1) is 21.4.